The van der Waals surface area contributed by atoms with Gasteiger partial charge in [0.1, 0.15) is 5.75 Å². The van der Waals surface area contributed by atoms with E-state index in [0.29, 0.717) is 6.04 Å². The number of carbonyl (C=O) groups excluding carboxylic acids is 1. The molecular weight excluding hydrogens is 254 g/mol. The van der Waals surface area contributed by atoms with Crippen LogP contribution in [0.4, 0.5) is 10.5 Å². The summed E-state index contributed by atoms with van der Waals surface area (Å²) in [6, 6.07) is 8.60. The van der Waals surface area contributed by atoms with Crippen LogP contribution < -0.4 is 15.0 Å². The van der Waals surface area contributed by atoms with E-state index >= 15 is 0 Å². The van der Waals surface area contributed by atoms with Gasteiger partial charge in [0.25, 0.3) is 0 Å². The van der Waals surface area contributed by atoms with Gasteiger partial charge in [0.15, 0.2) is 0 Å². The number of ether oxygens (including phenoxy) is 1. The molecule has 0 radical (unpaired) electrons. The maximum absolute atomic E-state index is 12.0. The lowest BCUT2D eigenvalue weighted by atomic mass is 10.2. The van der Waals surface area contributed by atoms with E-state index in [1.54, 1.807) is 7.11 Å². The van der Waals surface area contributed by atoms with Gasteiger partial charge in [-0.3, -0.25) is 0 Å². The van der Waals surface area contributed by atoms with Gasteiger partial charge in [0.2, 0.25) is 0 Å². The van der Waals surface area contributed by atoms with Crippen molar-refractivity contribution in [2.45, 2.75) is 18.9 Å². The Morgan fingerprint density at radius 2 is 2.00 bits per heavy atom. The third-order valence-corrected chi connectivity index (χ3v) is 3.89. The standard InChI is InChI=1S/C15H21N3O2/c1-20-14-4-2-3-13(11-14)17-7-9-18(10-8-17)15(19)16-12-5-6-12/h2-4,11-12H,5-10H2,1H3,(H,16,19). The van der Waals surface area contributed by atoms with Gasteiger partial charge in [0, 0.05) is 44.0 Å². The van der Waals surface area contributed by atoms with Crippen LogP contribution in [0.15, 0.2) is 24.3 Å². The Morgan fingerprint density at radius 3 is 2.65 bits per heavy atom. The second-order valence-corrected chi connectivity index (χ2v) is 5.40. The van der Waals surface area contributed by atoms with Crippen molar-refractivity contribution < 1.29 is 9.53 Å². The summed E-state index contributed by atoms with van der Waals surface area (Å²) < 4.78 is 5.25. The molecule has 1 aliphatic heterocycles. The Balaban J connectivity index is 1.55. The molecular formula is C15H21N3O2. The number of nitrogens with zero attached hydrogens (tertiary/aromatic N) is 2. The molecule has 3 rings (SSSR count). The largest absolute Gasteiger partial charge is 0.497 e. The van der Waals surface area contributed by atoms with Crippen LogP contribution in [-0.2, 0) is 0 Å². The molecule has 1 heterocycles. The molecule has 20 heavy (non-hydrogen) atoms. The molecule has 1 aliphatic carbocycles. The summed E-state index contributed by atoms with van der Waals surface area (Å²) in [5.41, 5.74) is 1.16. The van der Waals surface area contributed by atoms with E-state index in [2.05, 4.69) is 16.3 Å². The predicted molar refractivity (Wildman–Crippen MR) is 78.3 cm³/mol. The molecule has 2 aliphatic rings. The minimum atomic E-state index is 0.0952. The highest BCUT2D eigenvalue weighted by Gasteiger charge is 2.27. The molecule has 0 atom stereocenters. The number of piperazine rings is 1. The number of amides is 2. The fourth-order valence-electron chi connectivity index (χ4n) is 2.47. The van der Waals surface area contributed by atoms with Crippen LogP contribution in [0.1, 0.15) is 12.8 Å². The highest BCUT2D eigenvalue weighted by molar-refractivity contribution is 5.75. The molecule has 5 heteroatoms. The minimum absolute atomic E-state index is 0.0952. The average molecular weight is 275 g/mol. The van der Waals surface area contributed by atoms with Crippen molar-refractivity contribution in [2.24, 2.45) is 0 Å². The second kappa shape index (κ2) is 5.61. The smallest absolute Gasteiger partial charge is 0.317 e. The summed E-state index contributed by atoms with van der Waals surface area (Å²) in [6.07, 6.45) is 2.27. The maximum atomic E-state index is 12.0. The van der Waals surface area contributed by atoms with E-state index in [9.17, 15) is 4.79 Å². The van der Waals surface area contributed by atoms with Crippen molar-refractivity contribution in [3.8, 4) is 5.75 Å². The molecule has 1 saturated heterocycles. The van der Waals surface area contributed by atoms with Gasteiger partial charge in [-0.2, -0.15) is 0 Å². The number of anilines is 1. The molecule has 1 saturated carbocycles. The molecule has 2 amide bonds. The number of carbonyl (C=O) groups is 1. The van der Waals surface area contributed by atoms with E-state index < -0.39 is 0 Å². The summed E-state index contributed by atoms with van der Waals surface area (Å²) >= 11 is 0. The van der Waals surface area contributed by atoms with Crippen molar-refractivity contribution in [3.05, 3.63) is 24.3 Å². The lowest BCUT2D eigenvalue weighted by Gasteiger charge is -2.36. The Labute approximate surface area is 119 Å². The molecule has 108 valence electrons. The summed E-state index contributed by atoms with van der Waals surface area (Å²) in [4.78, 5) is 16.2. The molecule has 1 aromatic rings. The van der Waals surface area contributed by atoms with E-state index in [-0.39, 0.29) is 6.03 Å². The molecule has 5 nitrogen and oxygen atoms in total. The third kappa shape index (κ3) is 2.98. The topological polar surface area (TPSA) is 44.8 Å². The zero-order valence-electron chi connectivity index (χ0n) is 11.8. The van der Waals surface area contributed by atoms with Crippen LogP contribution in [0.5, 0.6) is 5.75 Å². The fourth-order valence-corrected chi connectivity index (χ4v) is 2.47. The predicted octanol–water partition coefficient (Wildman–Crippen LogP) is 1.69. The Morgan fingerprint density at radius 1 is 1.25 bits per heavy atom. The van der Waals surface area contributed by atoms with Gasteiger partial charge in [-0.25, -0.2) is 4.79 Å². The lowest BCUT2D eigenvalue weighted by Crippen LogP contribution is -2.52. The van der Waals surface area contributed by atoms with Gasteiger partial charge < -0.3 is 19.9 Å². The second-order valence-electron chi connectivity index (χ2n) is 5.40. The number of methoxy groups -OCH3 is 1. The van der Waals surface area contributed by atoms with Crippen LogP contribution in [0, 0.1) is 0 Å². The summed E-state index contributed by atoms with van der Waals surface area (Å²) in [5, 5.41) is 3.04. The van der Waals surface area contributed by atoms with E-state index in [4.69, 9.17) is 4.74 Å². The van der Waals surface area contributed by atoms with E-state index in [0.717, 1.165) is 50.5 Å². The Hall–Kier alpha value is -1.91. The number of hydrogen-bond donors (Lipinski definition) is 1. The first-order valence-corrected chi connectivity index (χ1v) is 7.21. The highest BCUT2D eigenvalue weighted by atomic mass is 16.5. The van der Waals surface area contributed by atoms with Crippen LogP contribution in [0.3, 0.4) is 0 Å². The maximum Gasteiger partial charge on any atom is 0.317 e. The average Bonchev–Trinajstić information content (AvgIpc) is 3.31. The van der Waals surface area contributed by atoms with Gasteiger partial charge in [-0.15, -0.1) is 0 Å². The van der Waals surface area contributed by atoms with E-state index in [1.807, 2.05) is 23.1 Å². The first kappa shape index (κ1) is 13.1. The van der Waals surface area contributed by atoms with Crippen molar-refractivity contribution in [2.75, 3.05) is 38.2 Å². The molecule has 0 unspecified atom stereocenters. The first-order chi connectivity index (χ1) is 9.76. The quantitative estimate of drug-likeness (QED) is 0.913. The number of benzene rings is 1. The molecule has 2 fully saturated rings. The Kier molecular flexibility index (Phi) is 3.67. The van der Waals surface area contributed by atoms with Gasteiger partial charge >= 0.3 is 6.03 Å². The van der Waals surface area contributed by atoms with Crippen LogP contribution in [-0.4, -0.2) is 50.3 Å². The third-order valence-electron chi connectivity index (χ3n) is 3.89. The van der Waals surface area contributed by atoms with Crippen molar-refractivity contribution in [1.29, 1.82) is 0 Å². The molecule has 0 aromatic heterocycles. The van der Waals surface area contributed by atoms with Crippen LogP contribution in [0.2, 0.25) is 0 Å². The zero-order chi connectivity index (χ0) is 13.9. The van der Waals surface area contributed by atoms with Crippen molar-refractivity contribution >= 4 is 11.7 Å². The summed E-state index contributed by atoms with van der Waals surface area (Å²) in [7, 11) is 1.68. The SMILES string of the molecule is COc1cccc(N2CCN(C(=O)NC3CC3)CC2)c1. The lowest BCUT2D eigenvalue weighted by molar-refractivity contribution is 0.194. The first-order valence-electron chi connectivity index (χ1n) is 7.21. The highest BCUT2D eigenvalue weighted by Crippen LogP contribution is 2.22. The monoisotopic (exact) mass is 275 g/mol. The minimum Gasteiger partial charge on any atom is -0.497 e. The van der Waals surface area contributed by atoms with Crippen molar-refractivity contribution in [1.82, 2.24) is 10.2 Å². The van der Waals surface area contributed by atoms with Crippen molar-refractivity contribution in [3.63, 3.8) is 0 Å². The normalized spacial score (nSPS) is 18.9. The van der Waals surface area contributed by atoms with Crippen LogP contribution >= 0.6 is 0 Å². The van der Waals surface area contributed by atoms with Crippen LogP contribution in [0.25, 0.3) is 0 Å². The molecule has 1 N–H and O–H groups in total. The summed E-state index contributed by atoms with van der Waals surface area (Å²) in [6.45, 7) is 3.28. The number of hydrogen-bond acceptors (Lipinski definition) is 3. The number of nitrogens with one attached hydrogen (secondary N) is 1. The molecule has 0 spiro atoms. The van der Waals surface area contributed by atoms with Gasteiger partial charge in [0.05, 0.1) is 7.11 Å². The molecule has 1 aromatic carbocycles. The summed E-state index contributed by atoms with van der Waals surface area (Å²) in [5.74, 6) is 0.872. The zero-order valence-corrected chi connectivity index (χ0v) is 11.8. The van der Waals surface area contributed by atoms with E-state index in [1.165, 1.54) is 0 Å². The van der Waals surface area contributed by atoms with Gasteiger partial charge in [-0.1, -0.05) is 6.07 Å². The Bertz CT molecular complexity index is 480. The number of rotatable bonds is 3. The van der Waals surface area contributed by atoms with Gasteiger partial charge in [-0.05, 0) is 25.0 Å². The fraction of sp³-hybridized carbons (Fsp3) is 0.533. The number of urea groups is 1. The molecule has 0 bridgehead atoms.